The van der Waals surface area contributed by atoms with Crippen LogP contribution in [0.4, 0.5) is 4.39 Å². The van der Waals surface area contributed by atoms with Gasteiger partial charge in [-0.3, -0.25) is 9.32 Å². The first-order chi connectivity index (χ1) is 14.0. The van der Waals surface area contributed by atoms with Crippen LogP contribution in [0.5, 0.6) is 5.75 Å². The fourth-order valence-corrected chi connectivity index (χ4v) is 4.77. The highest BCUT2D eigenvalue weighted by Crippen LogP contribution is 2.46. The largest absolute Gasteiger partial charge is 0.462 e. The van der Waals surface area contributed by atoms with E-state index in [9.17, 15) is 13.8 Å². The van der Waals surface area contributed by atoms with E-state index in [1.54, 1.807) is 44.2 Å². The summed E-state index contributed by atoms with van der Waals surface area (Å²) in [6, 6.07) is 7.01. The Balaban J connectivity index is 2.08. The highest BCUT2D eigenvalue weighted by Gasteiger charge is 2.46. The molecular formula is C20H32BFNO6P. The smallest absolute Gasteiger partial charge is 0.459 e. The lowest BCUT2D eigenvalue weighted by atomic mass is 9.64. The zero-order valence-corrected chi connectivity index (χ0v) is 19.2. The van der Waals surface area contributed by atoms with Gasteiger partial charge in [0.2, 0.25) is 0 Å². The molecule has 0 aliphatic carbocycles. The second-order valence-electron chi connectivity index (χ2n) is 8.05. The Morgan fingerprint density at radius 3 is 2.63 bits per heavy atom. The van der Waals surface area contributed by atoms with E-state index >= 15 is 0 Å². The minimum atomic E-state index is -3.98. The van der Waals surface area contributed by atoms with Crippen LogP contribution in [0.2, 0.25) is 6.32 Å². The van der Waals surface area contributed by atoms with Crippen LogP contribution < -0.4 is 9.61 Å². The van der Waals surface area contributed by atoms with Crippen LogP contribution in [-0.4, -0.2) is 49.8 Å². The third-order valence-electron chi connectivity index (χ3n) is 4.66. The van der Waals surface area contributed by atoms with E-state index in [2.05, 4.69) is 5.09 Å². The Bertz CT molecular complexity index is 735. The molecule has 0 spiro atoms. The lowest BCUT2D eigenvalue weighted by Gasteiger charge is -2.24. The van der Waals surface area contributed by atoms with Crippen molar-refractivity contribution >= 4 is 21.0 Å². The number of nitrogens with one attached hydrogen (secondary N) is 1. The lowest BCUT2D eigenvalue weighted by Crippen LogP contribution is -2.36. The second kappa shape index (κ2) is 10.8. The highest BCUT2D eigenvalue weighted by atomic mass is 31.2. The molecule has 1 aromatic carbocycles. The fourth-order valence-electron chi connectivity index (χ4n) is 3.24. The first kappa shape index (κ1) is 24.9. The van der Waals surface area contributed by atoms with Gasteiger partial charge < -0.3 is 14.0 Å². The van der Waals surface area contributed by atoms with Gasteiger partial charge >= 0.3 is 13.7 Å². The van der Waals surface area contributed by atoms with Gasteiger partial charge in [0, 0.05) is 6.42 Å². The van der Waals surface area contributed by atoms with E-state index in [0.29, 0.717) is 13.0 Å². The number of para-hydroxylation sites is 1. The Hall–Kier alpha value is -1.41. The van der Waals surface area contributed by atoms with Crippen molar-refractivity contribution in [3.8, 4) is 5.75 Å². The summed E-state index contributed by atoms with van der Waals surface area (Å²) in [7, 11) is -3.38. The second-order valence-corrected chi connectivity index (χ2v) is 9.75. The van der Waals surface area contributed by atoms with Crippen molar-refractivity contribution in [2.75, 3.05) is 6.61 Å². The molecule has 7 nitrogen and oxygen atoms in total. The van der Waals surface area contributed by atoms with E-state index in [0.717, 1.165) is 6.32 Å². The Labute approximate surface area is 178 Å². The number of hydrogen-bond donors (Lipinski definition) is 1. The van der Waals surface area contributed by atoms with Crippen molar-refractivity contribution < 1.29 is 32.3 Å². The van der Waals surface area contributed by atoms with Crippen molar-refractivity contribution in [2.24, 2.45) is 0 Å². The number of halogens is 1. The zero-order chi connectivity index (χ0) is 22.4. The average Bonchev–Trinajstić information content (AvgIpc) is 2.94. The summed E-state index contributed by atoms with van der Waals surface area (Å²) in [5, 5.41) is 2.62. The van der Waals surface area contributed by atoms with Crippen LogP contribution in [0.25, 0.3) is 0 Å². The molecule has 1 heterocycles. The maximum atomic E-state index is 14.8. The summed E-state index contributed by atoms with van der Waals surface area (Å²) < 4.78 is 50.2. The molecule has 0 radical (unpaired) electrons. The molecule has 0 amide bonds. The van der Waals surface area contributed by atoms with E-state index < -0.39 is 37.5 Å². The Morgan fingerprint density at radius 1 is 1.37 bits per heavy atom. The van der Waals surface area contributed by atoms with Crippen molar-refractivity contribution in [1.29, 1.82) is 0 Å². The summed E-state index contributed by atoms with van der Waals surface area (Å²) in [5.41, 5.74) is -1.48. The minimum absolute atomic E-state index is 0.133. The standard InChI is InChI=1S/C20H32BFNO6P/c1-6-21-19-20(5,22)12-17(28-19)13-26-30(25,29-16-10-8-7-9-11-16)23-15(4)18(24)27-14(2)3/h7-11,14-15,17,19,21H,6,12-13H2,1-5H3,(H,23,25)/t15-,17?,19-,20-,30?/m1/s1. The molecule has 1 fully saturated rings. The van der Waals surface area contributed by atoms with Gasteiger partial charge in [-0.05, 0) is 39.8 Å². The number of hydrogen-bond acceptors (Lipinski definition) is 6. The number of benzene rings is 1. The molecule has 1 N–H and O–H groups in total. The molecule has 10 heteroatoms. The van der Waals surface area contributed by atoms with Crippen LogP contribution in [0.1, 0.15) is 41.0 Å². The van der Waals surface area contributed by atoms with Gasteiger partial charge in [-0.25, -0.2) is 8.96 Å². The Morgan fingerprint density at radius 2 is 2.03 bits per heavy atom. The normalized spacial score (nSPS) is 26.8. The zero-order valence-electron chi connectivity index (χ0n) is 18.3. The van der Waals surface area contributed by atoms with Gasteiger partial charge in [0.05, 0.1) is 24.8 Å². The van der Waals surface area contributed by atoms with Crippen molar-refractivity contribution in [2.45, 2.75) is 77.3 Å². The maximum absolute atomic E-state index is 14.8. The number of carbonyl (C=O) groups is 1. The van der Waals surface area contributed by atoms with Crippen molar-refractivity contribution in [1.82, 2.24) is 5.09 Å². The first-order valence-electron chi connectivity index (χ1n) is 10.4. The van der Waals surface area contributed by atoms with E-state index in [4.69, 9.17) is 18.5 Å². The van der Waals surface area contributed by atoms with Crippen LogP contribution in [0.3, 0.4) is 0 Å². The Kier molecular flexibility index (Phi) is 8.91. The molecule has 1 saturated heterocycles. The molecule has 2 unspecified atom stereocenters. The SMILES string of the molecule is CCB[C@@H]1OC(COP(=O)(N[C@H](C)C(=O)OC(C)C)Oc2ccccc2)C[C@@]1(C)F. The van der Waals surface area contributed by atoms with Crippen LogP contribution >= 0.6 is 7.75 Å². The molecule has 0 aromatic heterocycles. The topological polar surface area (TPSA) is 83.1 Å². The summed E-state index contributed by atoms with van der Waals surface area (Å²) in [5.74, 6) is -0.272. The quantitative estimate of drug-likeness (QED) is 0.316. The fraction of sp³-hybridized carbons (Fsp3) is 0.650. The van der Waals surface area contributed by atoms with Crippen molar-refractivity contribution in [3.05, 3.63) is 30.3 Å². The summed E-state index contributed by atoms with van der Waals surface area (Å²) in [6.45, 7) is 8.29. The van der Waals surface area contributed by atoms with Gasteiger partial charge in [-0.2, -0.15) is 5.09 Å². The van der Waals surface area contributed by atoms with Gasteiger partial charge in [-0.1, -0.05) is 31.4 Å². The van der Waals surface area contributed by atoms with Crippen LogP contribution in [0, 0.1) is 0 Å². The van der Waals surface area contributed by atoms with Crippen LogP contribution in [-0.2, 0) is 23.4 Å². The number of rotatable bonds is 11. The summed E-state index contributed by atoms with van der Waals surface area (Å²) in [4.78, 5) is 12.2. The third-order valence-corrected chi connectivity index (χ3v) is 6.31. The summed E-state index contributed by atoms with van der Waals surface area (Å²) >= 11 is 0. The molecule has 30 heavy (non-hydrogen) atoms. The van der Waals surface area contributed by atoms with E-state index in [1.807, 2.05) is 6.92 Å². The predicted octanol–water partition coefficient (Wildman–Crippen LogP) is 3.84. The predicted molar refractivity (Wildman–Crippen MR) is 115 cm³/mol. The molecule has 1 aliphatic heterocycles. The highest BCUT2D eigenvalue weighted by molar-refractivity contribution is 7.52. The first-order valence-corrected chi connectivity index (χ1v) is 11.9. The monoisotopic (exact) mass is 443 g/mol. The molecular weight excluding hydrogens is 411 g/mol. The molecule has 1 aliphatic rings. The molecule has 5 atom stereocenters. The maximum Gasteiger partial charge on any atom is 0.459 e. The van der Waals surface area contributed by atoms with Gasteiger partial charge in [0.15, 0.2) is 7.28 Å². The number of ether oxygens (including phenoxy) is 2. The van der Waals surface area contributed by atoms with Crippen LogP contribution in [0.15, 0.2) is 30.3 Å². The van der Waals surface area contributed by atoms with Crippen molar-refractivity contribution in [3.63, 3.8) is 0 Å². The average molecular weight is 443 g/mol. The number of esters is 1. The minimum Gasteiger partial charge on any atom is -0.462 e. The molecule has 0 saturated carbocycles. The summed E-state index contributed by atoms with van der Waals surface area (Å²) in [6.07, 6.45) is 0.0453. The van der Waals surface area contributed by atoms with E-state index in [-0.39, 0.29) is 19.1 Å². The number of carbonyl (C=O) groups excluding carboxylic acids is 1. The molecule has 1 aromatic rings. The lowest BCUT2D eigenvalue weighted by molar-refractivity contribution is -0.149. The third kappa shape index (κ3) is 7.38. The number of alkyl halides is 1. The van der Waals surface area contributed by atoms with E-state index in [1.165, 1.54) is 13.8 Å². The van der Waals surface area contributed by atoms with Gasteiger partial charge in [0.1, 0.15) is 17.5 Å². The molecule has 168 valence electrons. The molecule has 2 rings (SSSR count). The molecule has 0 bridgehead atoms. The van der Waals surface area contributed by atoms with Gasteiger partial charge in [-0.15, -0.1) is 0 Å². The van der Waals surface area contributed by atoms with Gasteiger partial charge in [0.25, 0.3) is 0 Å².